The molecule has 0 saturated heterocycles. The van der Waals surface area contributed by atoms with E-state index in [-0.39, 0.29) is 0 Å². The smallest absolute Gasteiger partial charge is 0.129 e. The normalized spacial score (nSPS) is 10.1. The molecule has 1 rings (SSSR count). The Morgan fingerprint density at radius 3 is 2.75 bits per heavy atom. The van der Waals surface area contributed by atoms with Crippen molar-refractivity contribution in [1.29, 1.82) is 0 Å². The standard InChI is InChI=1S/C10H14OS/c1-2-3-8-12-10-7-5-4-6-9(10)11/h4-7,11H,2-3,8H2,1H3. The molecule has 0 saturated carbocycles. The number of unbranched alkanes of at least 4 members (excludes halogenated alkanes) is 1. The Labute approximate surface area is 77.8 Å². The molecule has 12 heavy (non-hydrogen) atoms. The first kappa shape index (κ1) is 9.46. The maximum absolute atomic E-state index is 9.39. The van der Waals surface area contributed by atoms with Crippen molar-refractivity contribution in [1.82, 2.24) is 0 Å². The van der Waals surface area contributed by atoms with E-state index < -0.39 is 0 Å². The molecule has 66 valence electrons. The second-order valence-corrected chi connectivity index (χ2v) is 3.81. The van der Waals surface area contributed by atoms with E-state index in [1.165, 1.54) is 12.8 Å². The highest BCUT2D eigenvalue weighted by molar-refractivity contribution is 7.99. The van der Waals surface area contributed by atoms with Crippen molar-refractivity contribution in [3.63, 3.8) is 0 Å². The highest BCUT2D eigenvalue weighted by Gasteiger charge is 1.98. The fourth-order valence-corrected chi connectivity index (χ4v) is 1.95. The number of hydrogen-bond donors (Lipinski definition) is 1. The maximum Gasteiger partial charge on any atom is 0.129 e. The van der Waals surface area contributed by atoms with Crippen molar-refractivity contribution in [2.45, 2.75) is 24.7 Å². The number of rotatable bonds is 4. The second-order valence-electron chi connectivity index (χ2n) is 2.67. The van der Waals surface area contributed by atoms with Gasteiger partial charge in [0, 0.05) is 4.90 Å². The third-order valence-corrected chi connectivity index (χ3v) is 2.77. The van der Waals surface area contributed by atoms with Gasteiger partial charge in [0.15, 0.2) is 0 Å². The van der Waals surface area contributed by atoms with Crippen LogP contribution in [0.25, 0.3) is 0 Å². The molecule has 0 aliphatic rings. The fourth-order valence-electron chi connectivity index (χ4n) is 0.906. The molecule has 0 spiro atoms. The lowest BCUT2D eigenvalue weighted by Gasteiger charge is -2.01. The van der Waals surface area contributed by atoms with Gasteiger partial charge in [0.2, 0.25) is 0 Å². The molecule has 1 aromatic carbocycles. The van der Waals surface area contributed by atoms with Crippen LogP contribution in [0.5, 0.6) is 5.75 Å². The summed E-state index contributed by atoms with van der Waals surface area (Å²) in [7, 11) is 0. The predicted octanol–water partition coefficient (Wildman–Crippen LogP) is 3.28. The van der Waals surface area contributed by atoms with Gasteiger partial charge in [-0.3, -0.25) is 0 Å². The lowest BCUT2D eigenvalue weighted by atomic mass is 10.3. The summed E-state index contributed by atoms with van der Waals surface area (Å²) in [5.74, 6) is 1.49. The van der Waals surface area contributed by atoms with Crippen LogP contribution in [0.4, 0.5) is 0 Å². The number of thioether (sulfide) groups is 1. The van der Waals surface area contributed by atoms with Gasteiger partial charge in [-0.05, 0) is 24.3 Å². The van der Waals surface area contributed by atoms with Crippen LogP contribution in [0.2, 0.25) is 0 Å². The Morgan fingerprint density at radius 1 is 1.33 bits per heavy atom. The van der Waals surface area contributed by atoms with Crippen LogP contribution in [0.1, 0.15) is 19.8 Å². The van der Waals surface area contributed by atoms with Crippen molar-refractivity contribution in [2.24, 2.45) is 0 Å². The van der Waals surface area contributed by atoms with Crippen LogP contribution in [-0.2, 0) is 0 Å². The minimum Gasteiger partial charge on any atom is -0.507 e. The summed E-state index contributed by atoms with van der Waals surface area (Å²) in [6.07, 6.45) is 2.42. The van der Waals surface area contributed by atoms with Crippen molar-refractivity contribution in [3.8, 4) is 5.75 Å². The van der Waals surface area contributed by atoms with Crippen LogP contribution >= 0.6 is 11.8 Å². The Balaban J connectivity index is 2.46. The van der Waals surface area contributed by atoms with E-state index in [0.717, 1.165) is 10.6 Å². The first-order valence-electron chi connectivity index (χ1n) is 4.25. The van der Waals surface area contributed by atoms with Gasteiger partial charge < -0.3 is 5.11 Å². The molecule has 0 fully saturated rings. The highest BCUT2D eigenvalue weighted by atomic mass is 32.2. The van der Waals surface area contributed by atoms with Crippen molar-refractivity contribution < 1.29 is 5.11 Å². The zero-order chi connectivity index (χ0) is 8.81. The number of aromatic hydroxyl groups is 1. The molecule has 1 nitrogen and oxygen atoms in total. The Bertz CT molecular complexity index is 235. The lowest BCUT2D eigenvalue weighted by molar-refractivity contribution is 0.462. The second kappa shape index (κ2) is 5.09. The molecule has 2 heteroatoms. The maximum atomic E-state index is 9.39. The van der Waals surface area contributed by atoms with Crippen LogP contribution < -0.4 is 0 Å². The molecule has 0 radical (unpaired) electrons. The van der Waals surface area contributed by atoms with E-state index in [4.69, 9.17) is 0 Å². The molecule has 1 aromatic rings. The molecule has 0 aromatic heterocycles. The number of para-hydroxylation sites is 1. The summed E-state index contributed by atoms with van der Waals surface area (Å²) >= 11 is 1.72. The van der Waals surface area contributed by atoms with Crippen LogP contribution in [0, 0.1) is 0 Å². The molecule has 0 atom stereocenters. The van der Waals surface area contributed by atoms with Gasteiger partial charge in [0.25, 0.3) is 0 Å². The topological polar surface area (TPSA) is 20.2 Å². The van der Waals surface area contributed by atoms with Gasteiger partial charge >= 0.3 is 0 Å². The SMILES string of the molecule is CCCCSc1ccccc1O. The van der Waals surface area contributed by atoms with Gasteiger partial charge in [-0.1, -0.05) is 25.5 Å². The average molecular weight is 182 g/mol. The van der Waals surface area contributed by atoms with Crippen LogP contribution in [0.3, 0.4) is 0 Å². The summed E-state index contributed by atoms with van der Waals surface area (Å²) in [6.45, 7) is 2.17. The van der Waals surface area contributed by atoms with Gasteiger partial charge in [-0.15, -0.1) is 11.8 Å². The van der Waals surface area contributed by atoms with E-state index in [0.29, 0.717) is 5.75 Å². The lowest BCUT2D eigenvalue weighted by Crippen LogP contribution is -1.78. The largest absolute Gasteiger partial charge is 0.507 e. The van der Waals surface area contributed by atoms with E-state index in [1.54, 1.807) is 17.8 Å². The monoisotopic (exact) mass is 182 g/mol. The summed E-state index contributed by atoms with van der Waals surface area (Å²) < 4.78 is 0. The third-order valence-electron chi connectivity index (χ3n) is 1.62. The fraction of sp³-hybridized carbons (Fsp3) is 0.400. The number of hydrogen-bond acceptors (Lipinski definition) is 2. The molecule has 0 bridgehead atoms. The van der Waals surface area contributed by atoms with Crippen molar-refractivity contribution >= 4 is 11.8 Å². The molecule has 0 aliphatic carbocycles. The summed E-state index contributed by atoms with van der Waals surface area (Å²) in [4.78, 5) is 0.992. The van der Waals surface area contributed by atoms with Gasteiger partial charge in [0.1, 0.15) is 5.75 Å². The van der Waals surface area contributed by atoms with Gasteiger partial charge in [-0.25, -0.2) is 0 Å². The third kappa shape index (κ3) is 2.78. The van der Waals surface area contributed by atoms with Crippen LogP contribution in [0.15, 0.2) is 29.2 Å². The molecule has 0 heterocycles. The first-order valence-corrected chi connectivity index (χ1v) is 5.24. The Hall–Kier alpha value is -0.630. The number of benzene rings is 1. The average Bonchev–Trinajstić information content (AvgIpc) is 2.09. The summed E-state index contributed by atoms with van der Waals surface area (Å²) in [6, 6.07) is 7.48. The molecule has 1 N–H and O–H groups in total. The van der Waals surface area contributed by atoms with E-state index in [9.17, 15) is 5.11 Å². The van der Waals surface area contributed by atoms with Crippen molar-refractivity contribution in [2.75, 3.05) is 5.75 Å². The molecule has 0 amide bonds. The van der Waals surface area contributed by atoms with E-state index in [1.807, 2.05) is 18.2 Å². The van der Waals surface area contributed by atoms with E-state index >= 15 is 0 Å². The zero-order valence-corrected chi connectivity index (χ0v) is 8.10. The van der Waals surface area contributed by atoms with Crippen LogP contribution in [-0.4, -0.2) is 10.9 Å². The minimum atomic E-state index is 0.401. The highest BCUT2D eigenvalue weighted by Crippen LogP contribution is 2.27. The minimum absolute atomic E-state index is 0.401. The Kier molecular flexibility index (Phi) is 4.01. The zero-order valence-electron chi connectivity index (χ0n) is 7.29. The first-order chi connectivity index (χ1) is 5.84. The molecule has 0 aliphatic heterocycles. The quantitative estimate of drug-likeness (QED) is 0.569. The molecule has 0 unspecified atom stereocenters. The predicted molar refractivity (Wildman–Crippen MR) is 53.7 cm³/mol. The Morgan fingerprint density at radius 2 is 2.08 bits per heavy atom. The summed E-state index contributed by atoms with van der Waals surface area (Å²) in [5, 5.41) is 9.39. The van der Waals surface area contributed by atoms with Gasteiger partial charge in [0.05, 0.1) is 0 Å². The van der Waals surface area contributed by atoms with Gasteiger partial charge in [-0.2, -0.15) is 0 Å². The summed E-state index contributed by atoms with van der Waals surface area (Å²) in [5.41, 5.74) is 0. The molecular formula is C10H14OS. The number of phenols is 1. The molecular weight excluding hydrogens is 168 g/mol. The van der Waals surface area contributed by atoms with Crippen molar-refractivity contribution in [3.05, 3.63) is 24.3 Å². The van der Waals surface area contributed by atoms with E-state index in [2.05, 4.69) is 6.92 Å². The number of phenolic OH excluding ortho intramolecular Hbond substituents is 1.